The molecule has 7 aromatic carbocycles. The lowest BCUT2D eigenvalue weighted by Gasteiger charge is -2.50. The average Bonchev–Trinajstić information content (AvgIpc) is 0.809. The van der Waals surface area contributed by atoms with E-state index in [2.05, 4.69) is 0 Å². The van der Waals surface area contributed by atoms with E-state index in [-0.39, 0.29) is 59.5 Å². The molecule has 1 N–H and O–H groups in total. The molecule has 0 aliphatic carbocycles. The Balaban J connectivity index is 1.03. The van der Waals surface area contributed by atoms with Crippen molar-refractivity contribution in [1.29, 1.82) is 0 Å². The fourth-order valence-corrected chi connectivity index (χ4v) is 11.3. The summed E-state index contributed by atoms with van der Waals surface area (Å²) in [6, 6.07) is 66.5. The summed E-state index contributed by atoms with van der Waals surface area (Å²) in [6.45, 7) is 3.52. The molecule has 3 saturated heterocycles. The lowest BCUT2D eigenvalue weighted by molar-refractivity contribution is -0.376. The van der Waals surface area contributed by atoms with Gasteiger partial charge in [0.15, 0.2) is 31.1 Å². The minimum absolute atomic E-state index is 0.0120. The van der Waals surface area contributed by atoms with Crippen LogP contribution in [0.5, 0.6) is 0 Å². The van der Waals surface area contributed by atoms with Crippen LogP contribution in [-0.2, 0) is 132 Å². The first-order chi connectivity index (χ1) is 45.0. The molecule has 0 unspecified atom stereocenters. The first kappa shape index (κ1) is 67.3. The fourth-order valence-electron chi connectivity index (χ4n) is 11.3. The second-order valence-electron chi connectivity index (χ2n) is 22.6. The molecule has 3 heterocycles. The van der Waals surface area contributed by atoms with Crippen LogP contribution < -0.4 is 0 Å². The number of carbonyl (C=O) groups excluding carboxylic acids is 3. The molecule has 3 aliphatic heterocycles. The van der Waals surface area contributed by atoms with E-state index in [4.69, 9.17) is 71.1 Å². The van der Waals surface area contributed by atoms with Gasteiger partial charge in [-0.15, -0.1) is 0 Å². The van der Waals surface area contributed by atoms with Crippen molar-refractivity contribution >= 4 is 17.9 Å². The quantitative estimate of drug-likeness (QED) is 0.0317. The zero-order valence-electron chi connectivity index (χ0n) is 51.7. The Bertz CT molecular complexity index is 3270. The van der Waals surface area contributed by atoms with Gasteiger partial charge in [0.1, 0.15) is 67.6 Å². The largest absolute Gasteiger partial charge is 0.463 e. The van der Waals surface area contributed by atoms with Crippen LogP contribution in [0.15, 0.2) is 212 Å². The zero-order chi connectivity index (χ0) is 63.9. The number of hydrogen-bond donors (Lipinski definition) is 1. The molecule has 92 heavy (non-hydrogen) atoms. The van der Waals surface area contributed by atoms with E-state index in [1.165, 1.54) is 20.8 Å². The minimum atomic E-state index is -1.75. The van der Waals surface area contributed by atoms with Crippen molar-refractivity contribution in [2.45, 2.75) is 159 Å². The summed E-state index contributed by atoms with van der Waals surface area (Å²) >= 11 is 0. The van der Waals surface area contributed by atoms with E-state index >= 15 is 0 Å². The average molecular weight is 1260 g/mol. The van der Waals surface area contributed by atoms with Crippen LogP contribution in [0.25, 0.3) is 0 Å². The first-order valence-electron chi connectivity index (χ1n) is 31.0. The Hall–Kier alpha value is -7.57. The second-order valence-corrected chi connectivity index (χ2v) is 22.6. The van der Waals surface area contributed by atoms with Gasteiger partial charge in [0.05, 0.1) is 59.5 Å². The predicted octanol–water partition coefficient (Wildman–Crippen LogP) is 9.71. The highest BCUT2D eigenvalue weighted by Gasteiger charge is 2.56. The van der Waals surface area contributed by atoms with Crippen molar-refractivity contribution in [1.82, 2.24) is 0 Å². The molecular weight excluding hydrogens is 1180 g/mol. The van der Waals surface area contributed by atoms with E-state index in [0.29, 0.717) is 0 Å². The summed E-state index contributed by atoms with van der Waals surface area (Å²) < 4.78 is 99.9. The SMILES string of the molecule is CC(=O)OC[C@H]1O[C@H](OC[C@H]2O[C@H](O)[C@@H](OCc3ccccc3)[C@@H](O[C@H]3O[C@H](COCc4ccccc4)[C@@H](OCc4ccccc4)[C@H](OCc4ccccc4)[C@@H]3OC(C)=O)[C@@H]2OCc2ccccc2)[C@@H](OCc2ccccc2)[C@@H](OC(C)=O)[C@@H]1OCc1ccccc1. The summed E-state index contributed by atoms with van der Waals surface area (Å²) in [5.41, 5.74) is 5.76. The van der Waals surface area contributed by atoms with Crippen molar-refractivity contribution in [3.8, 4) is 0 Å². The minimum Gasteiger partial charge on any atom is -0.463 e. The van der Waals surface area contributed by atoms with E-state index < -0.39 is 117 Å². The molecule has 0 amide bonds. The second kappa shape index (κ2) is 34.9. The molecule has 486 valence electrons. The third-order valence-corrected chi connectivity index (χ3v) is 15.7. The maximum absolute atomic E-state index is 13.6. The predicted molar refractivity (Wildman–Crippen MR) is 333 cm³/mol. The van der Waals surface area contributed by atoms with Gasteiger partial charge in [-0.25, -0.2) is 0 Å². The van der Waals surface area contributed by atoms with Crippen molar-refractivity contribution < 1.29 is 90.5 Å². The summed E-state index contributed by atoms with van der Waals surface area (Å²) in [4.78, 5) is 39.5. The highest BCUT2D eigenvalue weighted by atomic mass is 16.8. The maximum atomic E-state index is 13.6. The summed E-state index contributed by atoms with van der Waals surface area (Å²) in [5.74, 6) is -1.91. The molecule has 3 fully saturated rings. The number of ether oxygens (including phenoxy) is 15. The van der Waals surface area contributed by atoms with Gasteiger partial charge in [-0.05, 0) is 38.9 Å². The molecule has 15 atom stereocenters. The van der Waals surface area contributed by atoms with Crippen LogP contribution in [0.2, 0.25) is 0 Å². The number of rotatable bonds is 31. The molecule has 0 radical (unpaired) electrons. The van der Waals surface area contributed by atoms with Crippen molar-refractivity contribution in [2.24, 2.45) is 0 Å². The van der Waals surface area contributed by atoms with Crippen LogP contribution in [0.3, 0.4) is 0 Å². The topological polar surface area (TPSA) is 210 Å². The molecule has 19 nitrogen and oxygen atoms in total. The molecule has 19 heteroatoms. The smallest absolute Gasteiger partial charge is 0.303 e. The summed E-state index contributed by atoms with van der Waals surface area (Å²) in [5, 5.41) is 12.6. The van der Waals surface area contributed by atoms with Gasteiger partial charge in [-0.3, -0.25) is 14.4 Å². The molecule has 0 spiro atoms. The van der Waals surface area contributed by atoms with E-state index in [1.807, 2.05) is 212 Å². The number of hydrogen-bond acceptors (Lipinski definition) is 19. The normalized spacial score (nSPS) is 26.3. The molecule has 3 aliphatic rings. The van der Waals surface area contributed by atoms with E-state index in [0.717, 1.165) is 38.9 Å². The molecule has 0 bridgehead atoms. The Morgan fingerprint density at radius 3 is 1.05 bits per heavy atom. The Morgan fingerprint density at radius 1 is 0.315 bits per heavy atom. The van der Waals surface area contributed by atoms with Gasteiger partial charge in [0.25, 0.3) is 0 Å². The standard InChI is InChI=1S/C73H80O19/c1-49(74)79-47-61-64(82-42-55-31-17-7-18-32-55)67(87-50(2)75)69(85-45-58-37-23-10-24-38-58)72(90-61)86-48-60-63(81-41-54-29-15-6-16-30-54)66(68(71(77)89-60)84-44-57-35-21-9-22-36-57)92-73-70(88-51(3)76)65(83-43-56-33-19-8-20-34-56)62(80-40-53-27-13-5-14-28-53)59(91-73)46-78-39-52-25-11-4-12-26-52/h4-38,59-73,77H,39-48H2,1-3H3/t59-,60-,61-,62-,63-,64-,65+,66+,67+,68+,69+,70+,71+,72+,73-/m1/s1. The Kier molecular flexibility index (Phi) is 25.5. The highest BCUT2D eigenvalue weighted by Crippen LogP contribution is 2.38. The van der Waals surface area contributed by atoms with Crippen LogP contribution in [0.1, 0.15) is 59.7 Å². The van der Waals surface area contributed by atoms with Crippen molar-refractivity contribution in [3.63, 3.8) is 0 Å². The number of aliphatic hydroxyl groups excluding tert-OH is 1. The third kappa shape index (κ3) is 19.7. The Morgan fingerprint density at radius 2 is 0.641 bits per heavy atom. The zero-order valence-corrected chi connectivity index (χ0v) is 51.7. The van der Waals surface area contributed by atoms with E-state index in [9.17, 15) is 19.5 Å². The van der Waals surface area contributed by atoms with Crippen molar-refractivity contribution in [3.05, 3.63) is 251 Å². The highest BCUT2D eigenvalue weighted by molar-refractivity contribution is 5.67. The van der Waals surface area contributed by atoms with Gasteiger partial charge >= 0.3 is 17.9 Å². The molecule has 7 aromatic rings. The van der Waals surface area contributed by atoms with E-state index in [1.54, 1.807) is 0 Å². The lowest BCUT2D eigenvalue weighted by atomic mass is 9.95. The van der Waals surface area contributed by atoms with Gasteiger partial charge < -0.3 is 76.2 Å². The number of carbonyl (C=O) groups is 3. The number of esters is 3. The molecular formula is C73H80O19. The Labute approximate surface area is 536 Å². The van der Waals surface area contributed by atoms with Crippen LogP contribution in [-0.4, -0.2) is 135 Å². The monoisotopic (exact) mass is 1260 g/mol. The molecule has 0 saturated carbocycles. The first-order valence-corrected chi connectivity index (χ1v) is 31.0. The van der Waals surface area contributed by atoms with Crippen molar-refractivity contribution in [2.75, 3.05) is 19.8 Å². The van der Waals surface area contributed by atoms with Gasteiger partial charge in [0, 0.05) is 20.8 Å². The van der Waals surface area contributed by atoms with Gasteiger partial charge in [-0.1, -0.05) is 212 Å². The van der Waals surface area contributed by atoms with Gasteiger partial charge in [0.2, 0.25) is 0 Å². The molecule has 0 aromatic heterocycles. The third-order valence-electron chi connectivity index (χ3n) is 15.7. The van der Waals surface area contributed by atoms with Crippen LogP contribution >= 0.6 is 0 Å². The summed E-state index contributed by atoms with van der Waals surface area (Å²) in [7, 11) is 0. The summed E-state index contributed by atoms with van der Waals surface area (Å²) in [6.07, 6.45) is -18.7. The van der Waals surface area contributed by atoms with Crippen LogP contribution in [0.4, 0.5) is 0 Å². The number of aliphatic hydroxyl groups is 1. The molecule has 10 rings (SSSR count). The fraction of sp³-hybridized carbons (Fsp3) is 0.384. The maximum Gasteiger partial charge on any atom is 0.303 e. The number of benzene rings is 7. The van der Waals surface area contributed by atoms with Crippen LogP contribution in [0, 0.1) is 0 Å². The van der Waals surface area contributed by atoms with Gasteiger partial charge in [-0.2, -0.15) is 0 Å². The lowest BCUT2D eigenvalue weighted by Crippen LogP contribution is -2.67.